The summed E-state index contributed by atoms with van der Waals surface area (Å²) in [7, 11) is 2.01. The zero-order chi connectivity index (χ0) is 14.7. The van der Waals surface area contributed by atoms with E-state index in [1.54, 1.807) is 0 Å². The summed E-state index contributed by atoms with van der Waals surface area (Å²) in [5.74, 6) is 0. The normalized spacial score (nSPS) is 11.3. The Kier molecular flexibility index (Phi) is 4.96. The minimum atomic E-state index is 0.176. The average molecular weight is 338 g/mol. The van der Waals surface area contributed by atoms with E-state index in [1.807, 2.05) is 42.9 Å². The highest BCUT2D eigenvalue weighted by Gasteiger charge is 2.14. The first-order chi connectivity index (χ1) is 9.52. The number of aliphatic hydroxyl groups excluding tert-OH is 1. The minimum absolute atomic E-state index is 0.176. The summed E-state index contributed by atoms with van der Waals surface area (Å²) in [6.45, 7) is 5.77. The SMILES string of the molecule is Cc1nn(-c2ccc(Br)cc2)c(C)c1CN(C)CCO. The lowest BCUT2D eigenvalue weighted by atomic mass is 10.2. The van der Waals surface area contributed by atoms with Gasteiger partial charge in [-0.1, -0.05) is 15.9 Å². The summed E-state index contributed by atoms with van der Waals surface area (Å²) in [5.41, 5.74) is 4.47. The molecular formula is C15H20BrN3O. The van der Waals surface area contributed by atoms with E-state index >= 15 is 0 Å². The maximum absolute atomic E-state index is 9.00. The predicted molar refractivity (Wildman–Crippen MR) is 84.2 cm³/mol. The van der Waals surface area contributed by atoms with E-state index in [-0.39, 0.29) is 6.61 Å². The Labute approximate surface area is 128 Å². The fourth-order valence-electron chi connectivity index (χ4n) is 2.26. The highest BCUT2D eigenvalue weighted by Crippen LogP contribution is 2.20. The van der Waals surface area contributed by atoms with Crippen LogP contribution in [0.15, 0.2) is 28.7 Å². The molecule has 20 heavy (non-hydrogen) atoms. The summed E-state index contributed by atoms with van der Waals surface area (Å²) < 4.78 is 3.04. The van der Waals surface area contributed by atoms with Crippen molar-refractivity contribution in [1.82, 2.24) is 14.7 Å². The van der Waals surface area contributed by atoms with E-state index in [4.69, 9.17) is 5.11 Å². The zero-order valence-corrected chi connectivity index (χ0v) is 13.7. The molecule has 0 saturated heterocycles. The molecule has 1 aromatic carbocycles. The first kappa shape index (κ1) is 15.2. The molecule has 5 heteroatoms. The largest absolute Gasteiger partial charge is 0.395 e. The van der Waals surface area contributed by atoms with Crippen molar-refractivity contribution in [2.75, 3.05) is 20.2 Å². The summed E-state index contributed by atoms with van der Waals surface area (Å²) in [6.07, 6.45) is 0. The van der Waals surface area contributed by atoms with Crippen molar-refractivity contribution in [3.8, 4) is 5.69 Å². The molecule has 1 aromatic heterocycles. The molecule has 0 aliphatic carbocycles. The van der Waals surface area contributed by atoms with Gasteiger partial charge in [-0.15, -0.1) is 0 Å². The van der Waals surface area contributed by atoms with Crippen LogP contribution in [0.2, 0.25) is 0 Å². The molecule has 108 valence electrons. The van der Waals surface area contributed by atoms with Gasteiger partial charge < -0.3 is 5.11 Å². The van der Waals surface area contributed by atoms with Crippen molar-refractivity contribution >= 4 is 15.9 Å². The Hall–Kier alpha value is -1.17. The van der Waals surface area contributed by atoms with E-state index in [1.165, 1.54) is 5.56 Å². The first-order valence-corrected chi connectivity index (χ1v) is 7.42. The van der Waals surface area contributed by atoms with Crippen LogP contribution < -0.4 is 0 Å². The van der Waals surface area contributed by atoms with Gasteiger partial charge in [0.05, 0.1) is 18.0 Å². The Balaban J connectivity index is 2.31. The number of aliphatic hydroxyl groups is 1. The van der Waals surface area contributed by atoms with Crippen LogP contribution in [0.5, 0.6) is 0 Å². The Morgan fingerprint density at radius 1 is 1.25 bits per heavy atom. The summed E-state index contributed by atoms with van der Waals surface area (Å²) in [5, 5.41) is 13.6. The molecule has 2 aromatic rings. The molecule has 1 N–H and O–H groups in total. The van der Waals surface area contributed by atoms with Crippen molar-refractivity contribution in [2.45, 2.75) is 20.4 Å². The molecule has 2 rings (SSSR count). The maximum atomic E-state index is 9.00. The zero-order valence-electron chi connectivity index (χ0n) is 12.1. The monoisotopic (exact) mass is 337 g/mol. The quantitative estimate of drug-likeness (QED) is 0.911. The lowest BCUT2D eigenvalue weighted by molar-refractivity contribution is 0.217. The smallest absolute Gasteiger partial charge is 0.0649 e. The van der Waals surface area contributed by atoms with Crippen molar-refractivity contribution in [2.24, 2.45) is 0 Å². The minimum Gasteiger partial charge on any atom is -0.395 e. The van der Waals surface area contributed by atoms with E-state index in [9.17, 15) is 0 Å². The number of hydrogen-bond donors (Lipinski definition) is 1. The van der Waals surface area contributed by atoms with Crippen molar-refractivity contribution in [3.63, 3.8) is 0 Å². The number of likely N-dealkylation sites (N-methyl/N-ethyl adjacent to an activating group) is 1. The number of halogens is 1. The predicted octanol–water partition coefficient (Wildman–Crippen LogP) is 2.68. The van der Waals surface area contributed by atoms with Gasteiger partial charge in [0.25, 0.3) is 0 Å². The lowest BCUT2D eigenvalue weighted by Gasteiger charge is -2.15. The van der Waals surface area contributed by atoms with Gasteiger partial charge in [-0.3, -0.25) is 4.90 Å². The topological polar surface area (TPSA) is 41.3 Å². The van der Waals surface area contributed by atoms with E-state index < -0.39 is 0 Å². The van der Waals surface area contributed by atoms with Crippen LogP contribution in [0, 0.1) is 13.8 Å². The molecule has 0 amide bonds. The highest BCUT2D eigenvalue weighted by molar-refractivity contribution is 9.10. The van der Waals surface area contributed by atoms with Crippen LogP contribution in [0.1, 0.15) is 17.0 Å². The van der Waals surface area contributed by atoms with Gasteiger partial charge in [0.2, 0.25) is 0 Å². The molecular weight excluding hydrogens is 318 g/mol. The fourth-order valence-corrected chi connectivity index (χ4v) is 2.52. The molecule has 0 bridgehead atoms. The number of nitrogens with zero attached hydrogens (tertiary/aromatic N) is 3. The molecule has 0 radical (unpaired) electrons. The Bertz CT molecular complexity index is 578. The second-order valence-electron chi connectivity index (χ2n) is 5.00. The van der Waals surface area contributed by atoms with Gasteiger partial charge >= 0.3 is 0 Å². The van der Waals surface area contributed by atoms with Gasteiger partial charge in [0, 0.05) is 28.8 Å². The van der Waals surface area contributed by atoms with Gasteiger partial charge in [0.15, 0.2) is 0 Å². The number of aromatic nitrogens is 2. The summed E-state index contributed by atoms with van der Waals surface area (Å²) >= 11 is 3.45. The standard InChI is InChI=1S/C15H20BrN3O/c1-11-15(10-18(3)8-9-20)12(2)19(17-11)14-6-4-13(16)5-7-14/h4-7,20H,8-10H2,1-3H3. The molecule has 0 fully saturated rings. The number of rotatable bonds is 5. The number of hydrogen-bond acceptors (Lipinski definition) is 3. The van der Waals surface area contributed by atoms with Crippen molar-refractivity contribution < 1.29 is 5.11 Å². The fraction of sp³-hybridized carbons (Fsp3) is 0.400. The molecule has 0 unspecified atom stereocenters. The second-order valence-corrected chi connectivity index (χ2v) is 5.91. The highest BCUT2D eigenvalue weighted by atomic mass is 79.9. The first-order valence-electron chi connectivity index (χ1n) is 6.63. The van der Waals surface area contributed by atoms with E-state index in [0.29, 0.717) is 6.54 Å². The third-order valence-corrected chi connectivity index (χ3v) is 3.95. The molecule has 4 nitrogen and oxygen atoms in total. The van der Waals surface area contributed by atoms with Crippen LogP contribution in [0.25, 0.3) is 5.69 Å². The Morgan fingerprint density at radius 3 is 2.50 bits per heavy atom. The van der Waals surface area contributed by atoms with Gasteiger partial charge in [0.1, 0.15) is 0 Å². The van der Waals surface area contributed by atoms with Crippen molar-refractivity contribution in [1.29, 1.82) is 0 Å². The van der Waals surface area contributed by atoms with Gasteiger partial charge in [-0.25, -0.2) is 4.68 Å². The molecule has 0 aliphatic rings. The molecule has 0 aliphatic heterocycles. The number of aryl methyl sites for hydroxylation is 1. The van der Waals surface area contributed by atoms with Gasteiger partial charge in [-0.2, -0.15) is 5.10 Å². The molecule has 0 atom stereocenters. The second kappa shape index (κ2) is 6.52. The third-order valence-electron chi connectivity index (χ3n) is 3.42. The average Bonchev–Trinajstić information content (AvgIpc) is 2.68. The number of benzene rings is 1. The van der Waals surface area contributed by atoms with Gasteiger partial charge in [-0.05, 0) is 45.2 Å². The maximum Gasteiger partial charge on any atom is 0.0649 e. The van der Waals surface area contributed by atoms with E-state index in [0.717, 1.165) is 28.1 Å². The third kappa shape index (κ3) is 3.29. The Morgan fingerprint density at radius 2 is 1.90 bits per heavy atom. The van der Waals surface area contributed by atoms with Crippen LogP contribution in [0.4, 0.5) is 0 Å². The van der Waals surface area contributed by atoms with Crippen LogP contribution >= 0.6 is 15.9 Å². The summed E-state index contributed by atoms with van der Waals surface area (Å²) in [4.78, 5) is 2.10. The van der Waals surface area contributed by atoms with Crippen LogP contribution in [-0.4, -0.2) is 40.0 Å². The van der Waals surface area contributed by atoms with E-state index in [2.05, 4.69) is 32.9 Å². The molecule has 0 spiro atoms. The van der Waals surface area contributed by atoms with Crippen molar-refractivity contribution in [3.05, 3.63) is 45.7 Å². The lowest BCUT2D eigenvalue weighted by Crippen LogP contribution is -2.22. The van der Waals surface area contributed by atoms with Crippen LogP contribution in [0.3, 0.4) is 0 Å². The van der Waals surface area contributed by atoms with Crippen LogP contribution in [-0.2, 0) is 6.54 Å². The molecule has 0 saturated carbocycles. The molecule has 1 heterocycles. The summed E-state index contributed by atoms with van der Waals surface area (Å²) in [6, 6.07) is 8.13.